The maximum atomic E-state index is 14.1. The van der Waals surface area contributed by atoms with Gasteiger partial charge in [0.15, 0.2) is 0 Å². The summed E-state index contributed by atoms with van der Waals surface area (Å²) in [7, 11) is -3.45. The third kappa shape index (κ3) is 4.82. The Kier molecular flexibility index (Phi) is 8.94. The Morgan fingerprint density at radius 1 is 0.526 bits per heavy atom. The molecule has 222 valence electrons. The number of halogens is 17. The number of hydrogen-bond donors (Lipinski definition) is 0. The van der Waals surface area contributed by atoms with Crippen molar-refractivity contribution in [2.75, 3.05) is 20.8 Å². The molecule has 0 saturated carbocycles. The van der Waals surface area contributed by atoms with Crippen LogP contribution in [0.5, 0.6) is 0 Å². The van der Waals surface area contributed by atoms with Gasteiger partial charge in [-0.1, -0.05) is 30.3 Å². The number of rotatable bonds is 12. The van der Waals surface area contributed by atoms with Gasteiger partial charge in [0.05, 0.1) is 0 Å². The SMILES string of the molecule is CO[Si](OC)(OCC(F)(F)C(F)(F)C(F)(F)C(F)(F)C(F)(F)C(F)(F)C(F)(F)C(F)(F)F)c1ccccc1. The largest absolute Gasteiger partial charge is 0.536 e. The van der Waals surface area contributed by atoms with E-state index >= 15 is 0 Å². The highest BCUT2D eigenvalue weighted by molar-refractivity contribution is 6.75. The third-order valence-corrected chi connectivity index (χ3v) is 7.54. The minimum atomic E-state index is -8.69. The molecule has 1 aromatic carbocycles. The van der Waals surface area contributed by atoms with Gasteiger partial charge in [-0.05, 0) is 0 Å². The first kappa shape index (κ1) is 34.2. The Hall–Kier alpha value is -1.87. The molecule has 0 bridgehead atoms. The van der Waals surface area contributed by atoms with Crippen molar-refractivity contribution in [3.63, 3.8) is 0 Å². The maximum absolute atomic E-state index is 14.1. The molecule has 3 nitrogen and oxygen atoms in total. The summed E-state index contributed by atoms with van der Waals surface area (Å²) in [6.07, 6.45) is -7.81. The zero-order valence-electron chi connectivity index (χ0n) is 18.2. The van der Waals surface area contributed by atoms with Crippen molar-refractivity contribution < 1.29 is 87.9 Å². The molecule has 0 N–H and O–H groups in total. The summed E-state index contributed by atoms with van der Waals surface area (Å²) in [6.45, 7) is -3.12. The van der Waals surface area contributed by atoms with E-state index in [1.165, 1.54) is 18.2 Å². The summed E-state index contributed by atoms with van der Waals surface area (Å²) in [5.74, 6) is -57.1. The Morgan fingerprint density at radius 3 is 1.21 bits per heavy atom. The molecule has 21 heteroatoms. The molecule has 0 aliphatic rings. The van der Waals surface area contributed by atoms with Crippen molar-refractivity contribution in [3.8, 4) is 0 Å². The summed E-state index contributed by atoms with van der Waals surface area (Å²) in [5.41, 5.74) is 0. The second-order valence-corrected chi connectivity index (χ2v) is 10.1. The molecule has 0 spiro atoms. The summed E-state index contributed by atoms with van der Waals surface area (Å²) >= 11 is 0. The minimum Gasteiger partial charge on any atom is -0.373 e. The molecule has 0 heterocycles. The summed E-state index contributed by atoms with van der Waals surface area (Å²) < 4.78 is 241. The number of alkyl halides is 17. The molecule has 0 fully saturated rings. The molecule has 0 unspecified atom stereocenters. The second-order valence-electron chi connectivity index (χ2n) is 7.27. The van der Waals surface area contributed by atoms with Crippen LogP contribution in [0.2, 0.25) is 0 Å². The molecular weight excluding hydrogens is 603 g/mol. The van der Waals surface area contributed by atoms with Crippen LogP contribution in [0.15, 0.2) is 30.3 Å². The van der Waals surface area contributed by atoms with Crippen LogP contribution in [0.25, 0.3) is 0 Å². The van der Waals surface area contributed by atoms with Gasteiger partial charge in [-0.25, -0.2) is 0 Å². The van der Waals surface area contributed by atoms with Crippen molar-refractivity contribution in [1.29, 1.82) is 0 Å². The predicted molar refractivity (Wildman–Crippen MR) is 92.5 cm³/mol. The maximum Gasteiger partial charge on any atom is 0.536 e. The van der Waals surface area contributed by atoms with Crippen LogP contribution in [-0.4, -0.2) is 77.3 Å². The van der Waals surface area contributed by atoms with E-state index in [0.717, 1.165) is 12.1 Å². The fraction of sp³-hybridized carbons (Fsp3) is 0.647. The molecule has 0 aliphatic carbocycles. The Labute approximate surface area is 201 Å². The van der Waals surface area contributed by atoms with E-state index in [4.69, 9.17) is 0 Å². The lowest BCUT2D eigenvalue weighted by molar-refractivity contribution is -0.462. The number of hydrogen-bond acceptors (Lipinski definition) is 3. The van der Waals surface area contributed by atoms with Crippen LogP contribution in [0.4, 0.5) is 74.6 Å². The van der Waals surface area contributed by atoms with Crippen LogP contribution < -0.4 is 5.19 Å². The van der Waals surface area contributed by atoms with Crippen molar-refractivity contribution in [2.45, 2.75) is 47.6 Å². The Morgan fingerprint density at radius 2 is 0.868 bits per heavy atom. The fourth-order valence-electron chi connectivity index (χ4n) is 2.64. The van der Waals surface area contributed by atoms with Crippen LogP contribution in [0.3, 0.4) is 0 Å². The molecule has 0 atom stereocenters. The van der Waals surface area contributed by atoms with Gasteiger partial charge in [-0.15, -0.1) is 0 Å². The predicted octanol–water partition coefficient (Wildman–Crippen LogP) is 6.15. The molecular formula is C17H13F17O3Si. The smallest absolute Gasteiger partial charge is 0.373 e. The van der Waals surface area contributed by atoms with E-state index < -0.39 is 63.0 Å². The molecule has 0 aliphatic heterocycles. The van der Waals surface area contributed by atoms with Gasteiger partial charge in [0.25, 0.3) is 0 Å². The van der Waals surface area contributed by atoms with Gasteiger partial charge in [-0.2, -0.15) is 74.6 Å². The van der Waals surface area contributed by atoms with Crippen LogP contribution in [-0.2, 0) is 13.3 Å². The lowest BCUT2D eigenvalue weighted by Crippen LogP contribution is -2.75. The van der Waals surface area contributed by atoms with Crippen LogP contribution in [0, 0.1) is 0 Å². The average Bonchev–Trinajstić information content (AvgIpc) is 2.79. The van der Waals surface area contributed by atoms with E-state index in [1.54, 1.807) is 0 Å². The quantitative estimate of drug-likeness (QED) is 0.209. The van der Waals surface area contributed by atoms with E-state index in [9.17, 15) is 74.6 Å². The van der Waals surface area contributed by atoms with Gasteiger partial charge >= 0.3 is 56.4 Å². The topological polar surface area (TPSA) is 27.7 Å². The first-order valence-corrected chi connectivity index (χ1v) is 10.9. The average molecular weight is 616 g/mol. The summed E-state index contributed by atoms with van der Waals surface area (Å²) in [4.78, 5) is 0. The van der Waals surface area contributed by atoms with Crippen molar-refractivity contribution in [2.24, 2.45) is 0 Å². The van der Waals surface area contributed by atoms with Gasteiger partial charge in [-0.3, -0.25) is 0 Å². The molecule has 0 radical (unpaired) electrons. The van der Waals surface area contributed by atoms with E-state index in [2.05, 4.69) is 13.3 Å². The van der Waals surface area contributed by atoms with Crippen molar-refractivity contribution in [3.05, 3.63) is 30.3 Å². The summed E-state index contributed by atoms with van der Waals surface area (Å²) in [5, 5.41) is -0.332. The normalized spacial score (nSPS) is 15.7. The van der Waals surface area contributed by atoms with Gasteiger partial charge in [0.1, 0.15) is 6.61 Å². The lowest BCUT2D eigenvalue weighted by Gasteiger charge is -2.43. The molecule has 0 saturated heterocycles. The fourth-order valence-corrected chi connectivity index (χ4v) is 4.65. The van der Waals surface area contributed by atoms with Gasteiger partial charge in [0, 0.05) is 19.4 Å². The first-order valence-electron chi connectivity index (χ1n) is 9.19. The molecule has 1 rings (SSSR count). The second kappa shape index (κ2) is 9.95. The number of benzene rings is 1. The summed E-state index contributed by atoms with van der Waals surface area (Å²) in [6, 6.07) is 5.64. The molecule has 0 aromatic heterocycles. The first-order chi connectivity index (χ1) is 16.7. The van der Waals surface area contributed by atoms with Crippen LogP contribution >= 0.6 is 0 Å². The van der Waals surface area contributed by atoms with Crippen molar-refractivity contribution in [1.82, 2.24) is 0 Å². The lowest BCUT2D eigenvalue weighted by atomic mass is 9.89. The van der Waals surface area contributed by atoms with Gasteiger partial charge < -0.3 is 13.3 Å². The third-order valence-electron chi connectivity index (χ3n) is 4.90. The zero-order chi connectivity index (χ0) is 30.4. The van der Waals surface area contributed by atoms with Gasteiger partial charge in [0.2, 0.25) is 0 Å². The minimum absolute atomic E-state index is 0.332. The molecule has 38 heavy (non-hydrogen) atoms. The highest BCUT2D eigenvalue weighted by Gasteiger charge is 2.95. The van der Waals surface area contributed by atoms with Crippen LogP contribution in [0.1, 0.15) is 0 Å². The Bertz CT molecular complexity index is 945. The monoisotopic (exact) mass is 616 g/mol. The van der Waals surface area contributed by atoms with E-state index in [1.807, 2.05) is 0 Å². The van der Waals surface area contributed by atoms with E-state index in [0.29, 0.717) is 14.2 Å². The highest BCUT2D eigenvalue weighted by atomic mass is 28.4. The van der Waals surface area contributed by atoms with Crippen molar-refractivity contribution >= 4 is 14.0 Å². The standard InChI is InChI=1S/C17H13F17O3Si/c1-35-38(36-2,9-6-4-3-5-7-9)37-8-10(18,19)11(20,21)12(22,23)13(24,25)14(26,27)15(28,29)16(30,31)17(32,33)34/h3-7H,8H2,1-2H3. The highest BCUT2D eigenvalue weighted by Crippen LogP contribution is 2.63. The molecule has 1 aromatic rings. The zero-order valence-corrected chi connectivity index (χ0v) is 19.2. The van der Waals surface area contributed by atoms with E-state index in [-0.39, 0.29) is 5.19 Å². The molecule has 0 amide bonds. The Balaban J connectivity index is 3.54.